The Morgan fingerprint density at radius 3 is 2.61 bits per heavy atom. The highest BCUT2D eigenvalue weighted by molar-refractivity contribution is 5.81. The SMILES string of the molecule is OC1(c2coc3ccccc23)CC2CCC(C1)O2. The number of fused-ring (bicyclic) bond motifs is 3. The Balaban J connectivity index is 1.82. The summed E-state index contributed by atoms with van der Waals surface area (Å²) in [7, 11) is 0. The summed E-state index contributed by atoms with van der Waals surface area (Å²) in [6, 6.07) is 7.89. The number of benzene rings is 1. The van der Waals surface area contributed by atoms with Gasteiger partial charge in [0.25, 0.3) is 0 Å². The van der Waals surface area contributed by atoms with Gasteiger partial charge in [-0.05, 0) is 18.9 Å². The van der Waals surface area contributed by atoms with Crippen LogP contribution in [0, 0.1) is 0 Å². The molecular formula is C15H16O3. The smallest absolute Gasteiger partial charge is 0.134 e. The molecule has 2 unspecified atom stereocenters. The van der Waals surface area contributed by atoms with Crippen LogP contribution >= 0.6 is 0 Å². The minimum Gasteiger partial charge on any atom is -0.464 e. The third kappa shape index (κ3) is 1.44. The second kappa shape index (κ2) is 3.59. The largest absolute Gasteiger partial charge is 0.464 e. The van der Waals surface area contributed by atoms with Gasteiger partial charge in [0, 0.05) is 23.8 Å². The van der Waals surface area contributed by atoms with Crippen molar-refractivity contribution in [1.29, 1.82) is 0 Å². The van der Waals surface area contributed by atoms with Crippen LogP contribution in [0.3, 0.4) is 0 Å². The number of aliphatic hydroxyl groups is 1. The molecule has 0 aliphatic carbocycles. The van der Waals surface area contributed by atoms with Crippen LogP contribution in [0.25, 0.3) is 11.0 Å². The average molecular weight is 244 g/mol. The third-order valence-corrected chi connectivity index (χ3v) is 4.31. The highest BCUT2D eigenvalue weighted by atomic mass is 16.5. The first kappa shape index (κ1) is 10.6. The molecule has 3 heteroatoms. The lowest BCUT2D eigenvalue weighted by Gasteiger charge is -2.36. The van der Waals surface area contributed by atoms with Crippen LogP contribution in [0.15, 0.2) is 34.9 Å². The number of rotatable bonds is 1. The third-order valence-electron chi connectivity index (χ3n) is 4.31. The van der Waals surface area contributed by atoms with Crippen LogP contribution in [0.2, 0.25) is 0 Å². The number of hydrogen-bond acceptors (Lipinski definition) is 3. The van der Waals surface area contributed by atoms with Crippen molar-refractivity contribution >= 4 is 11.0 Å². The number of hydrogen-bond donors (Lipinski definition) is 1. The topological polar surface area (TPSA) is 42.6 Å². The van der Waals surface area contributed by atoms with Crippen LogP contribution in [-0.2, 0) is 10.3 Å². The van der Waals surface area contributed by atoms with Crippen molar-refractivity contribution in [3.05, 3.63) is 36.1 Å². The predicted octanol–water partition coefficient (Wildman–Crippen LogP) is 2.96. The van der Waals surface area contributed by atoms with E-state index in [9.17, 15) is 5.11 Å². The molecule has 2 fully saturated rings. The Labute approximate surface area is 105 Å². The molecule has 2 bridgehead atoms. The standard InChI is InChI=1S/C15H16O3/c16-15(7-10-5-6-11(8-15)18-10)13-9-17-14-4-2-1-3-12(13)14/h1-4,9-11,16H,5-8H2. The molecule has 3 heterocycles. The van der Waals surface area contributed by atoms with Gasteiger partial charge in [-0.25, -0.2) is 0 Å². The summed E-state index contributed by atoms with van der Waals surface area (Å²) >= 11 is 0. The van der Waals surface area contributed by atoms with E-state index < -0.39 is 5.60 Å². The first-order valence-electron chi connectivity index (χ1n) is 6.59. The normalized spacial score (nSPS) is 35.2. The van der Waals surface area contributed by atoms with E-state index in [1.54, 1.807) is 6.26 Å². The van der Waals surface area contributed by atoms with Gasteiger partial charge in [0.2, 0.25) is 0 Å². The maximum Gasteiger partial charge on any atom is 0.134 e. The lowest BCUT2D eigenvalue weighted by atomic mass is 9.83. The Kier molecular flexibility index (Phi) is 2.11. The van der Waals surface area contributed by atoms with Crippen molar-refractivity contribution in [2.75, 3.05) is 0 Å². The fourth-order valence-corrected chi connectivity index (χ4v) is 3.48. The van der Waals surface area contributed by atoms with E-state index in [1.807, 2.05) is 24.3 Å². The van der Waals surface area contributed by atoms with Gasteiger partial charge < -0.3 is 14.3 Å². The molecule has 2 aliphatic heterocycles. The molecule has 2 aliphatic rings. The monoisotopic (exact) mass is 244 g/mol. The maximum absolute atomic E-state index is 11.0. The van der Waals surface area contributed by atoms with Crippen LogP contribution in [0.5, 0.6) is 0 Å². The molecule has 4 rings (SSSR count). The minimum absolute atomic E-state index is 0.211. The molecule has 1 aromatic heterocycles. The molecule has 2 aromatic rings. The number of para-hydroxylation sites is 1. The first-order chi connectivity index (χ1) is 8.74. The zero-order valence-corrected chi connectivity index (χ0v) is 10.1. The Morgan fingerprint density at radius 1 is 1.11 bits per heavy atom. The Morgan fingerprint density at radius 2 is 1.83 bits per heavy atom. The molecule has 18 heavy (non-hydrogen) atoms. The Hall–Kier alpha value is -1.32. The zero-order valence-electron chi connectivity index (χ0n) is 10.1. The molecule has 2 saturated heterocycles. The molecule has 1 N–H and O–H groups in total. The van der Waals surface area contributed by atoms with Gasteiger partial charge in [-0.15, -0.1) is 0 Å². The molecule has 0 amide bonds. The summed E-state index contributed by atoms with van der Waals surface area (Å²) in [6.07, 6.45) is 5.66. The minimum atomic E-state index is -0.781. The number of furan rings is 1. The quantitative estimate of drug-likeness (QED) is 0.838. The van der Waals surface area contributed by atoms with Gasteiger partial charge in [-0.1, -0.05) is 18.2 Å². The van der Waals surface area contributed by atoms with E-state index in [0.29, 0.717) is 12.8 Å². The fourth-order valence-electron chi connectivity index (χ4n) is 3.48. The van der Waals surface area contributed by atoms with E-state index in [1.165, 1.54) is 0 Å². The molecule has 1 aromatic carbocycles. The molecular weight excluding hydrogens is 228 g/mol. The lowest BCUT2D eigenvalue weighted by Crippen LogP contribution is -2.38. The fraction of sp³-hybridized carbons (Fsp3) is 0.467. The van der Waals surface area contributed by atoms with E-state index in [4.69, 9.17) is 9.15 Å². The molecule has 0 radical (unpaired) electrons. The van der Waals surface area contributed by atoms with Crippen molar-refractivity contribution < 1.29 is 14.3 Å². The van der Waals surface area contributed by atoms with E-state index in [2.05, 4.69) is 0 Å². The molecule has 0 saturated carbocycles. The number of ether oxygens (including phenoxy) is 1. The summed E-state index contributed by atoms with van der Waals surface area (Å²) in [6.45, 7) is 0. The molecule has 2 atom stereocenters. The van der Waals surface area contributed by atoms with Crippen LogP contribution in [-0.4, -0.2) is 17.3 Å². The van der Waals surface area contributed by atoms with Gasteiger partial charge in [0.15, 0.2) is 0 Å². The summed E-state index contributed by atoms with van der Waals surface area (Å²) < 4.78 is 11.4. The van der Waals surface area contributed by atoms with Crippen LogP contribution in [0.4, 0.5) is 0 Å². The first-order valence-corrected chi connectivity index (χ1v) is 6.59. The van der Waals surface area contributed by atoms with Gasteiger partial charge in [-0.3, -0.25) is 0 Å². The van der Waals surface area contributed by atoms with E-state index >= 15 is 0 Å². The predicted molar refractivity (Wildman–Crippen MR) is 67.2 cm³/mol. The second-order valence-corrected chi connectivity index (χ2v) is 5.54. The van der Waals surface area contributed by atoms with Crippen molar-refractivity contribution in [3.8, 4) is 0 Å². The highest BCUT2D eigenvalue weighted by Gasteiger charge is 2.45. The average Bonchev–Trinajstić information content (AvgIpc) is 2.93. The molecule has 0 spiro atoms. The molecule has 3 nitrogen and oxygen atoms in total. The highest BCUT2D eigenvalue weighted by Crippen LogP contribution is 2.46. The maximum atomic E-state index is 11.0. The zero-order chi connectivity index (χ0) is 12.2. The van der Waals surface area contributed by atoms with Gasteiger partial charge in [-0.2, -0.15) is 0 Å². The van der Waals surface area contributed by atoms with E-state index in [0.717, 1.165) is 29.4 Å². The van der Waals surface area contributed by atoms with Crippen molar-refractivity contribution in [2.45, 2.75) is 43.5 Å². The summed E-state index contributed by atoms with van der Waals surface area (Å²) in [5.74, 6) is 0. The lowest BCUT2D eigenvalue weighted by molar-refractivity contribution is -0.115. The molecule has 94 valence electrons. The van der Waals surface area contributed by atoms with Crippen LogP contribution < -0.4 is 0 Å². The summed E-state index contributed by atoms with van der Waals surface area (Å²) in [5, 5.41) is 12.0. The van der Waals surface area contributed by atoms with Gasteiger partial charge in [0.1, 0.15) is 5.58 Å². The van der Waals surface area contributed by atoms with Crippen molar-refractivity contribution in [2.24, 2.45) is 0 Å². The van der Waals surface area contributed by atoms with E-state index in [-0.39, 0.29) is 12.2 Å². The van der Waals surface area contributed by atoms with Gasteiger partial charge in [0.05, 0.1) is 24.1 Å². The van der Waals surface area contributed by atoms with Crippen LogP contribution in [0.1, 0.15) is 31.2 Å². The van der Waals surface area contributed by atoms with Crippen molar-refractivity contribution in [3.63, 3.8) is 0 Å². The Bertz CT molecular complexity index is 574. The summed E-state index contributed by atoms with van der Waals surface area (Å²) in [4.78, 5) is 0. The second-order valence-electron chi connectivity index (χ2n) is 5.54. The summed E-state index contributed by atoms with van der Waals surface area (Å²) in [5.41, 5.74) is 0.995. The van der Waals surface area contributed by atoms with Crippen molar-refractivity contribution in [1.82, 2.24) is 0 Å². The van der Waals surface area contributed by atoms with Gasteiger partial charge >= 0.3 is 0 Å².